The van der Waals surface area contributed by atoms with Gasteiger partial charge in [-0.1, -0.05) is 26.0 Å². The quantitative estimate of drug-likeness (QED) is 0.524. The first-order valence-corrected chi connectivity index (χ1v) is 12.3. The first kappa shape index (κ1) is 22.2. The second-order valence-electron chi connectivity index (χ2n) is 10.3. The number of nitrogens with one attached hydrogen (secondary N) is 2. The van der Waals surface area contributed by atoms with Crippen molar-refractivity contribution in [2.45, 2.75) is 51.7 Å². The summed E-state index contributed by atoms with van der Waals surface area (Å²) in [6.45, 7) is 8.84. The summed E-state index contributed by atoms with van der Waals surface area (Å²) in [6.07, 6.45) is 5.08. The van der Waals surface area contributed by atoms with E-state index in [9.17, 15) is 4.39 Å². The van der Waals surface area contributed by atoms with E-state index in [1.165, 1.54) is 11.9 Å². The molecule has 0 saturated carbocycles. The Morgan fingerprint density at radius 2 is 1.88 bits per heavy atom. The van der Waals surface area contributed by atoms with Crippen LogP contribution >= 0.6 is 0 Å². The molecule has 5 nitrogen and oxygen atoms in total. The van der Waals surface area contributed by atoms with Gasteiger partial charge in [0, 0.05) is 50.7 Å². The van der Waals surface area contributed by atoms with Gasteiger partial charge in [-0.25, -0.2) is 9.37 Å². The maximum absolute atomic E-state index is 14.9. The van der Waals surface area contributed by atoms with E-state index >= 15 is 0 Å². The lowest BCUT2D eigenvalue weighted by molar-refractivity contribution is 0.120. The van der Waals surface area contributed by atoms with Crippen molar-refractivity contribution in [1.29, 1.82) is 0 Å². The van der Waals surface area contributed by atoms with Gasteiger partial charge in [0.25, 0.3) is 0 Å². The van der Waals surface area contributed by atoms with Crippen molar-refractivity contribution in [3.63, 3.8) is 0 Å². The van der Waals surface area contributed by atoms with E-state index in [4.69, 9.17) is 4.98 Å². The molecule has 0 amide bonds. The molecular formula is C27H36FN5. The third kappa shape index (κ3) is 4.33. The Morgan fingerprint density at radius 1 is 1.12 bits per heavy atom. The van der Waals surface area contributed by atoms with Crippen LogP contribution in [0.3, 0.4) is 0 Å². The lowest BCUT2D eigenvalue weighted by Gasteiger charge is -2.37. The molecular weight excluding hydrogens is 413 g/mol. The van der Waals surface area contributed by atoms with Crippen molar-refractivity contribution in [2.75, 3.05) is 43.4 Å². The second kappa shape index (κ2) is 8.64. The highest BCUT2D eigenvalue weighted by Crippen LogP contribution is 2.38. The summed E-state index contributed by atoms with van der Waals surface area (Å²) in [5, 5.41) is 6.71. The minimum atomic E-state index is -1.04. The minimum absolute atomic E-state index is 0.261. The smallest absolute Gasteiger partial charge is 0.137 e. The summed E-state index contributed by atoms with van der Waals surface area (Å²) in [5.74, 6) is 0.976. The maximum Gasteiger partial charge on any atom is 0.137 e. The Kier molecular flexibility index (Phi) is 5.81. The topological polar surface area (TPSA) is 45.1 Å². The molecule has 5 rings (SSSR count). The van der Waals surface area contributed by atoms with E-state index in [0.29, 0.717) is 32.4 Å². The fourth-order valence-electron chi connectivity index (χ4n) is 5.40. The number of nitrogens with zero attached hydrogens (tertiary/aromatic N) is 3. The fourth-order valence-corrected chi connectivity index (χ4v) is 5.40. The predicted molar refractivity (Wildman–Crippen MR) is 136 cm³/mol. The first-order valence-electron chi connectivity index (χ1n) is 12.3. The molecule has 2 N–H and O–H groups in total. The van der Waals surface area contributed by atoms with Gasteiger partial charge in [-0.15, -0.1) is 0 Å². The van der Waals surface area contributed by atoms with Crippen LogP contribution in [0, 0.1) is 5.41 Å². The number of piperidine rings is 1. The molecule has 0 radical (unpaired) electrons. The van der Waals surface area contributed by atoms with E-state index in [1.807, 2.05) is 14.0 Å². The van der Waals surface area contributed by atoms with Crippen LogP contribution in [0.4, 0.5) is 15.9 Å². The van der Waals surface area contributed by atoms with E-state index in [-0.39, 0.29) is 5.41 Å². The van der Waals surface area contributed by atoms with Gasteiger partial charge in [-0.2, -0.15) is 0 Å². The lowest BCUT2D eigenvalue weighted by atomic mass is 9.89. The largest absolute Gasteiger partial charge is 0.388 e. The highest BCUT2D eigenvalue weighted by atomic mass is 19.1. The van der Waals surface area contributed by atoms with Gasteiger partial charge in [0.2, 0.25) is 0 Å². The molecule has 0 bridgehead atoms. The second-order valence-corrected chi connectivity index (χ2v) is 10.3. The average Bonchev–Trinajstić information content (AvgIpc) is 3.45. The van der Waals surface area contributed by atoms with Crippen molar-refractivity contribution in [3.05, 3.63) is 42.6 Å². The van der Waals surface area contributed by atoms with E-state index in [2.05, 4.69) is 69.6 Å². The summed E-state index contributed by atoms with van der Waals surface area (Å²) in [6, 6.07) is 13.0. The molecule has 0 aliphatic carbocycles. The highest BCUT2D eigenvalue weighted by molar-refractivity contribution is 5.88. The van der Waals surface area contributed by atoms with E-state index in [0.717, 1.165) is 47.8 Å². The van der Waals surface area contributed by atoms with Crippen LogP contribution in [0.5, 0.6) is 0 Å². The Hall–Kier alpha value is -2.60. The van der Waals surface area contributed by atoms with Crippen molar-refractivity contribution in [2.24, 2.45) is 5.41 Å². The number of hydrogen-bond acceptors (Lipinski definition) is 4. The summed E-state index contributed by atoms with van der Waals surface area (Å²) >= 11 is 0. The molecule has 1 unspecified atom stereocenters. The Labute approximate surface area is 196 Å². The normalized spacial score (nSPS) is 22.7. The van der Waals surface area contributed by atoms with Gasteiger partial charge in [0.15, 0.2) is 0 Å². The molecule has 2 aromatic heterocycles. The van der Waals surface area contributed by atoms with Crippen LogP contribution in [0.1, 0.15) is 39.5 Å². The summed E-state index contributed by atoms with van der Waals surface area (Å²) in [4.78, 5) is 7.45. The fraction of sp³-hybridized carbons (Fsp3) is 0.519. The van der Waals surface area contributed by atoms with Gasteiger partial charge in [-0.3, -0.25) is 0 Å². The number of anilines is 2. The summed E-state index contributed by atoms with van der Waals surface area (Å²) in [7, 11) is 1.93. The molecule has 2 aliphatic rings. The SMILES string of the molecule is CCC1(F)CCN(c2nc3ccn(CC4(C)CCNC4)c3cc2-c2ccc(NC)cc2)CC1. The number of benzene rings is 1. The number of rotatable bonds is 6. The maximum atomic E-state index is 14.9. The standard InChI is InChI=1S/C27H36FN5/c1-4-27(28)11-15-32(16-12-27)25-22(20-5-7-21(29-3)8-6-20)17-24-23(31-25)9-14-33(24)19-26(2)10-13-30-18-26/h5-9,14,17,29-30H,4,10-13,15-16,18-19H2,1-3H3. The molecule has 2 saturated heterocycles. The van der Waals surface area contributed by atoms with Gasteiger partial charge >= 0.3 is 0 Å². The number of halogens is 1. The number of alkyl halides is 1. The Bertz CT molecular complexity index is 1110. The molecule has 176 valence electrons. The lowest BCUT2D eigenvalue weighted by Crippen LogP contribution is -2.42. The van der Waals surface area contributed by atoms with Crippen LogP contribution in [0.15, 0.2) is 42.6 Å². The molecule has 3 aromatic rings. The molecule has 1 aromatic carbocycles. The van der Waals surface area contributed by atoms with E-state index in [1.54, 1.807) is 0 Å². The third-order valence-electron chi connectivity index (χ3n) is 7.82. The Morgan fingerprint density at radius 3 is 2.52 bits per heavy atom. The minimum Gasteiger partial charge on any atom is -0.388 e. The zero-order valence-electron chi connectivity index (χ0n) is 20.1. The van der Waals surface area contributed by atoms with Crippen molar-refractivity contribution in [1.82, 2.24) is 14.9 Å². The molecule has 1 atom stereocenters. The van der Waals surface area contributed by atoms with Crippen LogP contribution < -0.4 is 15.5 Å². The molecule has 2 fully saturated rings. The first-order chi connectivity index (χ1) is 15.9. The number of fused-ring (bicyclic) bond motifs is 1. The Balaban J connectivity index is 1.56. The average molecular weight is 450 g/mol. The molecule has 0 spiro atoms. The van der Waals surface area contributed by atoms with E-state index < -0.39 is 5.67 Å². The van der Waals surface area contributed by atoms with Crippen molar-refractivity contribution >= 4 is 22.5 Å². The number of pyridine rings is 1. The zero-order valence-corrected chi connectivity index (χ0v) is 20.1. The third-order valence-corrected chi connectivity index (χ3v) is 7.82. The number of hydrogen-bond donors (Lipinski definition) is 2. The predicted octanol–water partition coefficient (Wildman–Crippen LogP) is 5.46. The van der Waals surface area contributed by atoms with Crippen LogP contribution in [-0.4, -0.2) is 48.4 Å². The van der Waals surface area contributed by atoms with Gasteiger partial charge in [-0.05, 0) is 67.5 Å². The van der Waals surface area contributed by atoms with Crippen molar-refractivity contribution < 1.29 is 4.39 Å². The van der Waals surface area contributed by atoms with Gasteiger partial charge < -0.3 is 20.1 Å². The molecule has 33 heavy (non-hydrogen) atoms. The monoisotopic (exact) mass is 449 g/mol. The summed E-state index contributed by atoms with van der Waals surface area (Å²) < 4.78 is 17.3. The van der Waals surface area contributed by atoms with Gasteiger partial charge in [0.05, 0.1) is 11.0 Å². The number of aromatic nitrogens is 2. The highest BCUT2D eigenvalue weighted by Gasteiger charge is 2.34. The zero-order chi connectivity index (χ0) is 23.1. The van der Waals surface area contributed by atoms with Crippen LogP contribution in [-0.2, 0) is 6.54 Å². The van der Waals surface area contributed by atoms with Crippen LogP contribution in [0.2, 0.25) is 0 Å². The molecule has 2 aliphatic heterocycles. The van der Waals surface area contributed by atoms with Crippen molar-refractivity contribution in [3.8, 4) is 11.1 Å². The summed E-state index contributed by atoms with van der Waals surface area (Å²) in [5.41, 5.74) is 4.77. The molecule has 4 heterocycles. The van der Waals surface area contributed by atoms with Gasteiger partial charge in [0.1, 0.15) is 11.5 Å². The van der Waals surface area contributed by atoms with Crippen LogP contribution in [0.25, 0.3) is 22.2 Å². The molecule has 6 heteroatoms.